The van der Waals surface area contributed by atoms with Crippen molar-refractivity contribution in [2.45, 2.75) is 32.9 Å². The molecule has 0 aliphatic heterocycles. The Morgan fingerprint density at radius 2 is 1.77 bits per heavy atom. The van der Waals surface area contributed by atoms with Gasteiger partial charge >= 0.3 is 0 Å². The molecule has 1 aromatic carbocycles. The highest BCUT2D eigenvalue weighted by atomic mass is 35.5. The van der Waals surface area contributed by atoms with Crippen molar-refractivity contribution in [1.29, 1.82) is 0 Å². The van der Waals surface area contributed by atoms with Crippen LogP contribution in [0.2, 0.25) is 5.02 Å². The molecule has 134 valence electrons. The molecule has 0 aliphatic carbocycles. The Labute approximate surface area is 158 Å². The summed E-state index contributed by atoms with van der Waals surface area (Å²) in [5, 5.41) is 7.46. The van der Waals surface area contributed by atoms with Gasteiger partial charge in [-0.25, -0.2) is 4.98 Å². The van der Waals surface area contributed by atoms with Crippen LogP contribution in [0.15, 0.2) is 54.9 Å². The Morgan fingerprint density at radius 3 is 2.46 bits per heavy atom. The minimum Gasteiger partial charge on any atom is -0.366 e. The molecule has 0 aliphatic rings. The monoisotopic (exact) mass is 367 g/mol. The van der Waals surface area contributed by atoms with Crippen LogP contribution in [0.5, 0.6) is 0 Å². The molecule has 0 saturated carbocycles. The second-order valence-electron chi connectivity index (χ2n) is 6.13. The van der Waals surface area contributed by atoms with Gasteiger partial charge in [0, 0.05) is 41.6 Å². The number of nitrogens with one attached hydrogen (secondary N) is 2. The highest BCUT2D eigenvalue weighted by molar-refractivity contribution is 6.30. The average Bonchev–Trinajstić information content (AvgIpc) is 2.68. The van der Waals surface area contributed by atoms with E-state index in [0.717, 1.165) is 34.1 Å². The van der Waals surface area contributed by atoms with E-state index < -0.39 is 0 Å². The van der Waals surface area contributed by atoms with Crippen molar-refractivity contribution in [3.8, 4) is 11.3 Å². The first-order valence-electron chi connectivity index (χ1n) is 8.68. The zero-order valence-corrected chi connectivity index (χ0v) is 15.7. The number of anilines is 2. The third-order valence-corrected chi connectivity index (χ3v) is 4.33. The maximum absolute atomic E-state index is 5.95. The Morgan fingerprint density at radius 1 is 1.04 bits per heavy atom. The van der Waals surface area contributed by atoms with Crippen molar-refractivity contribution >= 4 is 23.4 Å². The van der Waals surface area contributed by atoms with Crippen LogP contribution in [0.4, 0.5) is 11.8 Å². The molecule has 1 atom stereocenters. The van der Waals surface area contributed by atoms with Gasteiger partial charge in [0.05, 0.1) is 5.69 Å². The molecule has 6 heteroatoms. The number of aromatic nitrogens is 3. The third-order valence-electron chi connectivity index (χ3n) is 4.08. The summed E-state index contributed by atoms with van der Waals surface area (Å²) in [5.74, 6) is 1.39. The zero-order chi connectivity index (χ0) is 18.4. The number of nitrogens with zero attached hydrogens (tertiary/aromatic N) is 3. The Kier molecular flexibility index (Phi) is 6.02. The Bertz CT molecular complexity index is 837. The van der Waals surface area contributed by atoms with Gasteiger partial charge in [-0.05, 0) is 43.2 Å². The summed E-state index contributed by atoms with van der Waals surface area (Å²) in [6, 6.07) is 13.9. The fourth-order valence-electron chi connectivity index (χ4n) is 2.39. The molecule has 0 spiro atoms. The SMILES string of the molecule is CC[C@H](C)Nc1nc(NCc2ccc(Cl)cc2)cc(-c2ccncc2)n1. The van der Waals surface area contributed by atoms with E-state index in [0.29, 0.717) is 18.5 Å². The maximum atomic E-state index is 5.95. The van der Waals surface area contributed by atoms with Crippen LogP contribution in [-0.2, 0) is 6.54 Å². The normalized spacial score (nSPS) is 11.8. The van der Waals surface area contributed by atoms with E-state index >= 15 is 0 Å². The second-order valence-corrected chi connectivity index (χ2v) is 6.57. The van der Waals surface area contributed by atoms with Crippen molar-refractivity contribution in [2.75, 3.05) is 10.6 Å². The molecular weight excluding hydrogens is 346 g/mol. The topological polar surface area (TPSA) is 62.7 Å². The smallest absolute Gasteiger partial charge is 0.225 e. The lowest BCUT2D eigenvalue weighted by Gasteiger charge is -2.14. The van der Waals surface area contributed by atoms with Crippen molar-refractivity contribution in [1.82, 2.24) is 15.0 Å². The Hall–Kier alpha value is -2.66. The highest BCUT2D eigenvalue weighted by Gasteiger charge is 2.09. The number of pyridine rings is 1. The van der Waals surface area contributed by atoms with Crippen molar-refractivity contribution < 1.29 is 0 Å². The van der Waals surface area contributed by atoms with Crippen molar-refractivity contribution in [3.05, 3.63) is 65.4 Å². The lowest BCUT2D eigenvalue weighted by atomic mass is 10.2. The van der Waals surface area contributed by atoms with Crippen molar-refractivity contribution in [2.24, 2.45) is 0 Å². The molecule has 0 radical (unpaired) electrons. The largest absolute Gasteiger partial charge is 0.366 e. The van der Waals surface area contributed by atoms with Gasteiger partial charge in [0.25, 0.3) is 0 Å². The molecule has 3 rings (SSSR count). The summed E-state index contributed by atoms with van der Waals surface area (Å²) in [4.78, 5) is 13.3. The first kappa shape index (κ1) is 18.1. The molecule has 5 nitrogen and oxygen atoms in total. The van der Waals surface area contributed by atoms with E-state index in [1.54, 1.807) is 12.4 Å². The molecule has 26 heavy (non-hydrogen) atoms. The summed E-state index contributed by atoms with van der Waals surface area (Å²) in [7, 11) is 0. The number of rotatable bonds is 7. The number of hydrogen-bond donors (Lipinski definition) is 2. The summed E-state index contributed by atoms with van der Waals surface area (Å²) in [5.41, 5.74) is 2.99. The quantitative estimate of drug-likeness (QED) is 0.614. The predicted octanol–water partition coefficient (Wildman–Crippen LogP) is 5.01. The highest BCUT2D eigenvalue weighted by Crippen LogP contribution is 2.22. The standard InChI is InChI=1S/C20H22ClN5/c1-3-14(2)24-20-25-18(16-8-10-22-11-9-16)12-19(26-20)23-13-15-4-6-17(21)7-5-15/h4-12,14H,3,13H2,1-2H3,(H2,23,24,25,26)/t14-/m0/s1. The van der Waals surface area contributed by atoms with E-state index in [4.69, 9.17) is 11.6 Å². The summed E-state index contributed by atoms with van der Waals surface area (Å²) in [6.45, 7) is 4.90. The van der Waals surface area contributed by atoms with Crippen LogP contribution in [-0.4, -0.2) is 21.0 Å². The average molecular weight is 368 g/mol. The van der Waals surface area contributed by atoms with Gasteiger partial charge in [-0.1, -0.05) is 30.7 Å². The molecule has 0 amide bonds. The van der Waals surface area contributed by atoms with Gasteiger partial charge in [0.1, 0.15) is 5.82 Å². The molecule has 0 unspecified atom stereocenters. The first-order valence-corrected chi connectivity index (χ1v) is 9.06. The maximum Gasteiger partial charge on any atom is 0.225 e. The van der Waals surface area contributed by atoms with Gasteiger partial charge in [-0.2, -0.15) is 4.98 Å². The molecule has 2 heterocycles. The van der Waals surface area contributed by atoms with Crippen LogP contribution < -0.4 is 10.6 Å². The second kappa shape index (κ2) is 8.63. The van der Waals surface area contributed by atoms with E-state index in [1.165, 1.54) is 0 Å². The molecule has 2 N–H and O–H groups in total. The van der Waals surface area contributed by atoms with E-state index in [-0.39, 0.29) is 0 Å². The fourth-order valence-corrected chi connectivity index (χ4v) is 2.52. The lowest BCUT2D eigenvalue weighted by Crippen LogP contribution is -2.16. The van der Waals surface area contributed by atoms with E-state index in [9.17, 15) is 0 Å². The van der Waals surface area contributed by atoms with Crippen LogP contribution >= 0.6 is 11.6 Å². The lowest BCUT2D eigenvalue weighted by molar-refractivity contribution is 0.753. The number of hydrogen-bond acceptors (Lipinski definition) is 5. The fraction of sp³-hybridized carbons (Fsp3) is 0.250. The van der Waals surface area contributed by atoms with Crippen LogP contribution in [0.1, 0.15) is 25.8 Å². The molecule has 0 fully saturated rings. The van der Waals surface area contributed by atoms with Crippen molar-refractivity contribution in [3.63, 3.8) is 0 Å². The molecule has 0 bridgehead atoms. The van der Waals surface area contributed by atoms with Crippen LogP contribution in [0.25, 0.3) is 11.3 Å². The van der Waals surface area contributed by atoms with Gasteiger partial charge in [0.15, 0.2) is 0 Å². The Balaban J connectivity index is 1.85. The van der Waals surface area contributed by atoms with Gasteiger partial charge in [-0.3, -0.25) is 4.98 Å². The van der Waals surface area contributed by atoms with Crippen LogP contribution in [0.3, 0.4) is 0 Å². The minimum absolute atomic E-state index is 0.298. The summed E-state index contributed by atoms with van der Waals surface area (Å²) >= 11 is 5.95. The number of benzene rings is 1. The third kappa shape index (κ3) is 4.92. The van der Waals surface area contributed by atoms with Gasteiger partial charge in [-0.15, -0.1) is 0 Å². The number of halogens is 1. The van der Waals surface area contributed by atoms with Gasteiger partial charge in [0.2, 0.25) is 5.95 Å². The first-order chi connectivity index (χ1) is 12.6. The predicted molar refractivity (Wildman–Crippen MR) is 107 cm³/mol. The van der Waals surface area contributed by atoms with Crippen LogP contribution in [0, 0.1) is 0 Å². The molecule has 0 saturated heterocycles. The molecular formula is C20H22ClN5. The van der Waals surface area contributed by atoms with E-state index in [2.05, 4.69) is 39.4 Å². The minimum atomic E-state index is 0.298. The molecule has 3 aromatic rings. The van der Waals surface area contributed by atoms with Gasteiger partial charge < -0.3 is 10.6 Å². The summed E-state index contributed by atoms with van der Waals surface area (Å²) in [6.07, 6.45) is 4.52. The summed E-state index contributed by atoms with van der Waals surface area (Å²) < 4.78 is 0. The zero-order valence-electron chi connectivity index (χ0n) is 14.9. The molecule has 2 aromatic heterocycles. The van der Waals surface area contributed by atoms with E-state index in [1.807, 2.05) is 42.5 Å².